The van der Waals surface area contributed by atoms with Gasteiger partial charge in [0.05, 0.1) is 19.1 Å². The van der Waals surface area contributed by atoms with Gasteiger partial charge in [-0.05, 0) is 59.5 Å². The van der Waals surface area contributed by atoms with E-state index in [1.807, 2.05) is 12.1 Å². The molecule has 0 aliphatic heterocycles. The van der Waals surface area contributed by atoms with Crippen LogP contribution >= 0.6 is 27.3 Å². The monoisotopic (exact) mass is 486 g/mol. The molecule has 2 N–H and O–H groups in total. The second-order valence-corrected chi connectivity index (χ2v) is 7.93. The quantitative estimate of drug-likeness (QED) is 0.463. The number of hydrogen-bond acceptors (Lipinski definition) is 5. The van der Waals surface area contributed by atoms with E-state index in [0.717, 1.165) is 4.47 Å². The lowest BCUT2D eigenvalue weighted by molar-refractivity contribution is -0.113. The second kappa shape index (κ2) is 10.1. The predicted molar refractivity (Wildman–Crippen MR) is 122 cm³/mol. The zero-order valence-corrected chi connectivity index (χ0v) is 18.7. The summed E-state index contributed by atoms with van der Waals surface area (Å²) in [6.45, 7) is 0. The number of halogens is 1. The van der Waals surface area contributed by atoms with Crippen molar-refractivity contribution < 1.29 is 19.1 Å². The lowest BCUT2D eigenvalue weighted by Crippen LogP contribution is -2.30. The minimum atomic E-state index is -0.447. The second-order valence-electron chi connectivity index (χ2n) is 6.06. The Morgan fingerprint density at radius 1 is 1.00 bits per heavy atom. The highest BCUT2D eigenvalue weighted by Gasteiger charge is 2.16. The van der Waals surface area contributed by atoms with E-state index >= 15 is 0 Å². The molecule has 0 aliphatic rings. The molecule has 0 saturated heterocycles. The highest BCUT2D eigenvalue weighted by Crippen LogP contribution is 2.28. The summed E-state index contributed by atoms with van der Waals surface area (Å²) < 4.78 is 11.5. The number of rotatable bonds is 7. The highest BCUT2D eigenvalue weighted by atomic mass is 79.9. The molecule has 30 heavy (non-hydrogen) atoms. The Labute approximate surface area is 186 Å². The number of benzene rings is 2. The Bertz CT molecular complexity index is 1060. The standard InChI is InChI=1S/C22H19BrN2O4S/c1-28-18-10-5-14(13-19(18)29-2)12-17(25-22(27)20-4-3-11-30-20)21(26)24-16-8-6-15(23)7-9-16/h3-13H,1-2H3,(H,24,26)(H,25,27). The Morgan fingerprint density at radius 2 is 1.73 bits per heavy atom. The lowest BCUT2D eigenvalue weighted by atomic mass is 10.1. The van der Waals surface area contributed by atoms with Gasteiger partial charge in [0.2, 0.25) is 0 Å². The summed E-state index contributed by atoms with van der Waals surface area (Å²) >= 11 is 4.66. The first kappa shape index (κ1) is 21.6. The van der Waals surface area contributed by atoms with E-state index in [-0.39, 0.29) is 11.6 Å². The van der Waals surface area contributed by atoms with Crippen LogP contribution in [-0.4, -0.2) is 26.0 Å². The van der Waals surface area contributed by atoms with E-state index in [9.17, 15) is 9.59 Å². The number of hydrogen-bond donors (Lipinski definition) is 2. The van der Waals surface area contributed by atoms with Crippen molar-refractivity contribution in [1.29, 1.82) is 0 Å². The Kier molecular flexibility index (Phi) is 7.26. The number of carbonyl (C=O) groups excluding carboxylic acids is 2. The lowest BCUT2D eigenvalue weighted by Gasteiger charge is -2.12. The number of methoxy groups -OCH3 is 2. The molecule has 3 aromatic rings. The smallest absolute Gasteiger partial charge is 0.272 e. The van der Waals surface area contributed by atoms with E-state index in [1.54, 1.807) is 61.0 Å². The number of carbonyl (C=O) groups is 2. The van der Waals surface area contributed by atoms with Crippen molar-refractivity contribution in [3.05, 3.63) is 80.6 Å². The van der Waals surface area contributed by atoms with Gasteiger partial charge in [-0.2, -0.15) is 0 Å². The van der Waals surface area contributed by atoms with Crippen LogP contribution in [0.2, 0.25) is 0 Å². The number of anilines is 1. The highest BCUT2D eigenvalue weighted by molar-refractivity contribution is 9.10. The molecule has 8 heteroatoms. The summed E-state index contributed by atoms with van der Waals surface area (Å²) in [6.07, 6.45) is 1.58. The van der Waals surface area contributed by atoms with Gasteiger partial charge in [-0.1, -0.05) is 28.1 Å². The molecule has 0 bridgehead atoms. The Hall–Kier alpha value is -3.10. The van der Waals surface area contributed by atoms with Crippen molar-refractivity contribution in [2.45, 2.75) is 0 Å². The molecule has 0 fully saturated rings. The van der Waals surface area contributed by atoms with Gasteiger partial charge in [0, 0.05) is 10.2 Å². The molecule has 2 aromatic carbocycles. The molecule has 1 aromatic heterocycles. The maximum atomic E-state index is 12.9. The fourth-order valence-corrected chi connectivity index (χ4v) is 3.47. The number of nitrogens with one attached hydrogen (secondary N) is 2. The van der Waals surface area contributed by atoms with Gasteiger partial charge in [-0.25, -0.2) is 0 Å². The summed E-state index contributed by atoms with van der Waals surface area (Å²) in [7, 11) is 3.08. The molecule has 0 radical (unpaired) electrons. The molecular formula is C22H19BrN2O4S. The third kappa shape index (κ3) is 5.49. The van der Waals surface area contributed by atoms with Crippen LogP contribution in [0.4, 0.5) is 5.69 Å². The Balaban J connectivity index is 1.91. The van der Waals surface area contributed by atoms with E-state index in [2.05, 4.69) is 26.6 Å². The molecule has 1 heterocycles. The summed E-state index contributed by atoms with van der Waals surface area (Å²) in [4.78, 5) is 26.0. The summed E-state index contributed by atoms with van der Waals surface area (Å²) in [6, 6.07) is 15.9. The van der Waals surface area contributed by atoms with Gasteiger partial charge in [-0.3, -0.25) is 9.59 Å². The van der Waals surface area contributed by atoms with Crippen LogP contribution in [0.25, 0.3) is 6.08 Å². The van der Waals surface area contributed by atoms with Gasteiger partial charge in [-0.15, -0.1) is 11.3 Å². The molecule has 3 rings (SSSR count). The zero-order chi connectivity index (χ0) is 21.5. The van der Waals surface area contributed by atoms with Crippen LogP contribution < -0.4 is 20.1 Å². The summed E-state index contributed by atoms with van der Waals surface area (Å²) in [5.74, 6) is 0.279. The van der Waals surface area contributed by atoms with Crippen LogP contribution in [0.15, 0.2) is 70.1 Å². The largest absolute Gasteiger partial charge is 0.493 e. The minimum Gasteiger partial charge on any atom is -0.493 e. The fourth-order valence-electron chi connectivity index (χ4n) is 2.59. The number of thiophene rings is 1. The molecule has 0 saturated carbocycles. The average Bonchev–Trinajstić information content (AvgIpc) is 3.30. The third-order valence-electron chi connectivity index (χ3n) is 4.06. The van der Waals surface area contributed by atoms with E-state index in [1.165, 1.54) is 18.4 Å². The first-order valence-corrected chi connectivity index (χ1v) is 10.5. The Morgan fingerprint density at radius 3 is 2.37 bits per heavy atom. The third-order valence-corrected chi connectivity index (χ3v) is 5.46. The number of ether oxygens (including phenoxy) is 2. The molecule has 0 atom stereocenters. The van der Waals surface area contributed by atoms with Crippen LogP contribution in [0, 0.1) is 0 Å². The van der Waals surface area contributed by atoms with Gasteiger partial charge < -0.3 is 20.1 Å². The van der Waals surface area contributed by atoms with Gasteiger partial charge in [0.15, 0.2) is 11.5 Å². The summed E-state index contributed by atoms with van der Waals surface area (Å²) in [5.41, 5.74) is 1.37. The van der Waals surface area contributed by atoms with Gasteiger partial charge in [0.1, 0.15) is 5.70 Å². The topological polar surface area (TPSA) is 76.7 Å². The average molecular weight is 487 g/mol. The van der Waals surface area contributed by atoms with Crippen molar-refractivity contribution in [3.8, 4) is 11.5 Å². The van der Waals surface area contributed by atoms with E-state index < -0.39 is 5.91 Å². The molecule has 2 amide bonds. The molecule has 0 unspecified atom stereocenters. The SMILES string of the molecule is COc1ccc(C=C(NC(=O)c2cccs2)C(=O)Nc2ccc(Br)cc2)cc1OC. The summed E-state index contributed by atoms with van der Waals surface area (Å²) in [5, 5.41) is 7.30. The zero-order valence-electron chi connectivity index (χ0n) is 16.3. The van der Waals surface area contributed by atoms with Crippen molar-refractivity contribution in [1.82, 2.24) is 5.32 Å². The molecule has 0 spiro atoms. The van der Waals surface area contributed by atoms with Crippen LogP contribution in [0.5, 0.6) is 11.5 Å². The predicted octanol–water partition coefficient (Wildman–Crippen LogP) is 4.94. The molecule has 0 aliphatic carbocycles. The molecule has 154 valence electrons. The normalized spacial score (nSPS) is 11.0. The van der Waals surface area contributed by atoms with Crippen LogP contribution in [0.1, 0.15) is 15.2 Å². The molecular weight excluding hydrogens is 468 g/mol. The fraction of sp³-hybridized carbons (Fsp3) is 0.0909. The van der Waals surface area contributed by atoms with E-state index in [0.29, 0.717) is 27.6 Å². The maximum absolute atomic E-state index is 12.9. The maximum Gasteiger partial charge on any atom is 0.272 e. The van der Waals surface area contributed by atoms with Crippen molar-refractivity contribution in [3.63, 3.8) is 0 Å². The van der Waals surface area contributed by atoms with Gasteiger partial charge in [0.25, 0.3) is 11.8 Å². The molecule has 6 nitrogen and oxygen atoms in total. The van der Waals surface area contributed by atoms with Crippen LogP contribution in [0.3, 0.4) is 0 Å². The first-order chi connectivity index (χ1) is 14.5. The van der Waals surface area contributed by atoms with Crippen molar-refractivity contribution >= 4 is 50.8 Å². The minimum absolute atomic E-state index is 0.100. The van der Waals surface area contributed by atoms with Crippen molar-refractivity contribution in [2.24, 2.45) is 0 Å². The van der Waals surface area contributed by atoms with Gasteiger partial charge >= 0.3 is 0 Å². The van der Waals surface area contributed by atoms with Crippen molar-refractivity contribution in [2.75, 3.05) is 19.5 Å². The number of amides is 2. The first-order valence-electron chi connectivity index (χ1n) is 8.85. The van der Waals surface area contributed by atoms with E-state index in [4.69, 9.17) is 9.47 Å². The van der Waals surface area contributed by atoms with Crippen LogP contribution in [-0.2, 0) is 4.79 Å².